The van der Waals surface area contributed by atoms with Gasteiger partial charge in [-0.05, 0) is 39.0 Å². The van der Waals surface area contributed by atoms with Crippen molar-refractivity contribution in [3.05, 3.63) is 41.2 Å². The van der Waals surface area contributed by atoms with Crippen molar-refractivity contribution in [3.63, 3.8) is 0 Å². The minimum Gasteiger partial charge on any atom is -0.444 e. The summed E-state index contributed by atoms with van der Waals surface area (Å²) in [6, 6.07) is 6.41. The van der Waals surface area contributed by atoms with Crippen molar-refractivity contribution in [3.8, 4) is 0 Å². The lowest BCUT2D eigenvalue weighted by Gasteiger charge is -2.19. The topological polar surface area (TPSA) is 76.1 Å². The van der Waals surface area contributed by atoms with Crippen LogP contribution in [-0.4, -0.2) is 21.7 Å². The quantitative estimate of drug-likeness (QED) is 0.575. The van der Waals surface area contributed by atoms with Crippen LogP contribution in [0.4, 0.5) is 35.3 Å². The molecule has 0 bridgehead atoms. The Bertz CT molecular complexity index is 808. The van der Waals surface area contributed by atoms with Gasteiger partial charge in [-0.2, -0.15) is 13.2 Å². The van der Waals surface area contributed by atoms with E-state index in [1.165, 1.54) is 0 Å². The first-order valence-corrected chi connectivity index (χ1v) is 8.79. The number of hydrogen-bond donors (Lipinski definition) is 2. The molecule has 1 heterocycles. The minimum atomic E-state index is -4.63. The average molecular weight is 419 g/mol. The molecule has 0 spiro atoms. The number of hydrogen-bond acceptors (Lipinski definition) is 5. The Labute approximate surface area is 166 Å². The van der Waals surface area contributed by atoms with E-state index in [1.807, 2.05) is 13.8 Å². The smallest absolute Gasteiger partial charge is 0.420 e. The summed E-state index contributed by atoms with van der Waals surface area (Å²) in [6.45, 7) is 9.20. The molecule has 28 heavy (non-hydrogen) atoms. The molecule has 2 rings (SSSR count). The van der Waals surface area contributed by atoms with Crippen LogP contribution in [-0.2, 0) is 10.9 Å². The van der Waals surface area contributed by atoms with Gasteiger partial charge in [-0.25, -0.2) is 14.8 Å². The van der Waals surface area contributed by atoms with Crippen LogP contribution in [0.2, 0.25) is 5.15 Å². The Morgan fingerprint density at radius 3 is 2.29 bits per heavy atom. The van der Waals surface area contributed by atoms with Gasteiger partial charge in [0, 0.05) is 17.6 Å². The van der Waals surface area contributed by atoms with Crippen LogP contribution in [0.3, 0.4) is 0 Å². The van der Waals surface area contributed by atoms with Crippen LogP contribution in [0.15, 0.2) is 30.5 Å². The van der Waals surface area contributed by atoms with Gasteiger partial charge in [0.05, 0.1) is 0 Å². The summed E-state index contributed by atoms with van der Waals surface area (Å²) in [5.74, 6) is -0.114. The first kappa shape index (κ1) is 23.5. The molecule has 0 saturated heterocycles. The van der Waals surface area contributed by atoms with Crippen LogP contribution in [0.1, 0.15) is 40.2 Å². The number of benzene rings is 1. The molecule has 2 N–H and O–H groups in total. The highest BCUT2D eigenvalue weighted by molar-refractivity contribution is 6.30. The van der Waals surface area contributed by atoms with Crippen molar-refractivity contribution in [1.82, 2.24) is 9.97 Å². The second-order valence-electron chi connectivity index (χ2n) is 6.23. The molecule has 1 aromatic carbocycles. The first-order chi connectivity index (χ1) is 12.9. The van der Waals surface area contributed by atoms with Gasteiger partial charge in [0.25, 0.3) is 0 Å². The van der Waals surface area contributed by atoms with Crippen molar-refractivity contribution in [1.29, 1.82) is 0 Å². The molecule has 0 atom stereocenters. The van der Waals surface area contributed by atoms with Gasteiger partial charge in [0.15, 0.2) is 0 Å². The van der Waals surface area contributed by atoms with Crippen LogP contribution in [0, 0.1) is 0 Å². The molecule has 6 nitrogen and oxygen atoms in total. The largest absolute Gasteiger partial charge is 0.444 e. The molecule has 0 fully saturated rings. The van der Waals surface area contributed by atoms with Crippen molar-refractivity contribution in [2.24, 2.45) is 0 Å². The molecular formula is C18H22ClF3N4O2. The van der Waals surface area contributed by atoms with Crippen LogP contribution in [0.5, 0.6) is 0 Å². The molecule has 0 aliphatic heterocycles. The van der Waals surface area contributed by atoms with Crippen LogP contribution >= 0.6 is 11.6 Å². The SMILES string of the molecule is CC.CC(C)(C)OC(=O)Nc1cccc(Nc2ncc(C(F)(F)F)c(Cl)n2)c1. The predicted molar refractivity (Wildman–Crippen MR) is 103 cm³/mol. The van der Waals surface area contributed by atoms with E-state index < -0.39 is 28.6 Å². The molecule has 1 amide bonds. The van der Waals surface area contributed by atoms with Crippen LogP contribution in [0.25, 0.3) is 0 Å². The number of carbonyl (C=O) groups is 1. The van der Waals surface area contributed by atoms with Gasteiger partial charge < -0.3 is 10.1 Å². The molecule has 0 aliphatic rings. The highest BCUT2D eigenvalue weighted by Crippen LogP contribution is 2.33. The normalized spacial score (nSPS) is 11.2. The average Bonchev–Trinajstić information content (AvgIpc) is 2.54. The molecule has 0 saturated carbocycles. The zero-order valence-electron chi connectivity index (χ0n) is 16.1. The van der Waals surface area contributed by atoms with E-state index in [9.17, 15) is 18.0 Å². The van der Waals surface area contributed by atoms with Gasteiger partial charge in [-0.15, -0.1) is 0 Å². The Hall–Kier alpha value is -2.55. The molecular weight excluding hydrogens is 397 g/mol. The molecule has 0 unspecified atom stereocenters. The van der Waals surface area contributed by atoms with Crippen molar-refractivity contribution in [2.75, 3.05) is 10.6 Å². The highest BCUT2D eigenvalue weighted by Gasteiger charge is 2.34. The number of carbonyl (C=O) groups excluding carboxylic acids is 1. The van der Waals surface area contributed by atoms with E-state index in [4.69, 9.17) is 16.3 Å². The second-order valence-corrected chi connectivity index (χ2v) is 6.59. The molecule has 0 radical (unpaired) electrons. The Morgan fingerprint density at radius 2 is 1.75 bits per heavy atom. The molecule has 154 valence electrons. The van der Waals surface area contributed by atoms with E-state index >= 15 is 0 Å². The summed E-state index contributed by atoms with van der Waals surface area (Å²) in [5.41, 5.74) is -0.910. The van der Waals surface area contributed by atoms with Gasteiger partial charge >= 0.3 is 12.3 Å². The monoisotopic (exact) mass is 418 g/mol. The first-order valence-electron chi connectivity index (χ1n) is 8.41. The lowest BCUT2D eigenvalue weighted by molar-refractivity contribution is -0.137. The predicted octanol–water partition coefficient (Wildman–Crippen LogP) is 6.27. The van der Waals surface area contributed by atoms with Gasteiger partial charge in [-0.1, -0.05) is 31.5 Å². The number of ether oxygens (including phenoxy) is 1. The third-order valence-corrected chi connectivity index (χ3v) is 3.10. The van der Waals surface area contributed by atoms with Gasteiger partial charge in [0.2, 0.25) is 5.95 Å². The van der Waals surface area contributed by atoms with Crippen molar-refractivity contribution < 1.29 is 22.7 Å². The van der Waals surface area contributed by atoms with Gasteiger partial charge in [-0.3, -0.25) is 5.32 Å². The number of halogens is 4. The summed E-state index contributed by atoms with van der Waals surface area (Å²) in [5, 5.41) is 4.56. The van der Waals surface area contributed by atoms with Crippen molar-refractivity contribution in [2.45, 2.75) is 46.4 Å². The maximum atomic E-state index is 12.7. The van der Waals surface area contributed by atoms with Crippen molar-refractivity contribution >= 4 is 35.0 Å². The number of aromatic nitrogens is 2. The number of anilines is 3. The maximum Gasteiger partial charge on any atom is 0.420 e. The van der Waals surface area contributed by atoms with Gasteiger partial charge in [0.1, 0.15) is 16.3 Å². The highest BCUT2D eigenvalue weighted by atomic mass is 35.5. The summed E-state index contributed by atoms with van der Waals surface area (Å²) in [7, 11) is 0. The molecule has 1 aromatic heterocycles. The number of rotatable bonds is 3. The third-order valence-electron chi connectivity index (χ3n) is 2.81. The Morgan fingerprint density at radius 1 is 1.14 bits per heavy atom. The molecule has 2 aromatic rings. The third kappa shape index (κ3) is 7.59. The maximum absolute atomic E-state index is 12.7. The van der Waals surface area contributed by atoms with E-state index in [0.29, 0.717) is 17.6 Å². The fraction of sp³-hybridized carbons (Fsp3) is 0.389. The lowest BCUT2D eigenvalue weighted by Crippen LogP contribution is -2.27. The summed E-state index contributed by atoms with van der Waals surface area (Å²) in [6.07, 6.45) is -4.67. The minimum absolute atomic E-state index is 0.114. The van der Waals surface area contributed by atoms with E-state index in [1.54, 1.807) is 45.0 Å². The number of amides is 1. The Kier molecular flexibility index (Phi) is 8.04. The molecule has 10 heteroatoms. The number of nitrogens with zero attached hydrogens (tertiary/aromatic N) is 2. The van der Waals surface area contributed by atoms with E-state index in [2.05, 4.69) is 20.6 Å². The van der Waals surface area contributed by atoms with E-state index in [-0.39, 0.29) is 5.95 Å². The summed E-state index contributed by atoms with van der Waals surface area (Å²) < 4.78 is 43.1. The summed E-state index contributed by atoms with van der Waals surface area (Å²) in [4.78, 5) is 19.0. The number of alkyl halides is 3. The fourth-order valence-electron chi connectivity index (χ4n) is 1.84. The summed E-state index contributed by atoms with van der Waals surface area (Å²) >= 11 is 5.56. The zero-order valence-corrected chi connectivity index (χ0v) is 16.9. The Balaban J connectivity index is 0.00000190. The fourth-order valence-corrected chi connectivity index (χ4v) is 2.07. The second kappa shape index (κ2) is 9.59. The van der Waals surface area contributed by atoms with Crippen LogP contribution < -0.4 is 10.6 Å². The zero-order chi connectivity index (χ0) is 21.5. The lowest BCUT2D eigenvalue weighted by atomic mass is 10.2. The molecule has 0 aliphatic carbocycles. The number of nitrogens with one attached hydrogen (secondary N) is 2. The standard InChI is InChI=1S/C16H16ClF3N4O2.C2H6/c1-15(2,3)26-14(25)23-10-6-4-5-9(7-10)22-13-21-8-11(12(17)24-13)16(18,19)20;1-2/h4-8H,1-3H3,(H,23,25)(H,21,22,24);1-2H3. The van der Waals surface area contributed by atoms with E-state index in [0.717, 1.165) is 0 Å².